The summed E-state index contributed by atoms with van der Waals surface area (Å²) in [4.78, 5) is 0. The number of aryl methyl sites for hydroxylation is 2. The molecule has 0 unspecified atom stereocenters. The Morgan fingerprint density at radius 1 is 0.587 bits per heavy atom. The summed E-state index contributed by atoms with van der Waals surface area (Å²) in [7, 11) is 11.0. The monoisotopic (exact) mass is 744 g/mol. The third kappa shape index (κ3) is 11.3. The van der Waals surface area contributed by atoms with Crippen LogP contribution in [0.25, 0.3) is 43.8 Å². The van der Waals surface area contributed by atoms with Crippen molar-refractivity contribution in [2.75, 3.05) is 0 Å². The second-order valence-electron chi connectivity index (χ2n) is 11.6. The molecule has 2 nitrogen and oxygen atoms in total. The summed E-state index contributed by atoms with van der Waals surface area (Å²) in [6, 6.07) is 38.6. The number of fused-ring (bicyclic) bond motifs is 2. The molecule has 6 aromatic rings. The predicted octanol–water partition coefficient (Wildman–Crippen LogP) is 12.8. The van der Waals surface area contributed by atoms with Gasteiger partial charge in [-0.1, -0.05) is 74.5 Å². The van der Waals surface area contributed by atoms with Gasteiger partial charge in [0.15, 0.2) is 0 Å². The Hall–Kier alpha value is -2.62. The molecule has 2 radical (unpaired) electrons. The summed E-state index contributed by atoms with van der Waals surface area (Å²) in [6.07, 6.45) is 0.420. The van der Waals surface area contributed by atoms with Gasteiger partial charge in [-0.25, -0.2) is 0 Å². The molecule has 0 heterocycles. The van der Waals surface area contributed by atoms with E-state index in [4.69, 9.17) is 26.5 Å². The molecule has 0 aromatic heterocycles. The van der Waals surface area contributed by atoms with Crippen LogP contribution in [0.15, 0.2) is 109 Å². The molecule has 6 heteroatoms. The molecule has 0 bridgehead atoms. The Kier molecular flexibility index (Phi) is 15.8. The molecule has 0 saturated heterocycles. The van der Waals surface area contributed by atoms with Crippen molar-refractivity contribution in [2.45, 2.75) is 66.8 Å². The van der Waals surface area contributed by atoms with Crippen LogP contribution in [0.3, 0.4) is 0 Å². The average molecular weight is 747 g/mol. The molecule has 0 N–H and O–H groups in total. The molecule has 0 amide bonds. The molecule has 238 valence electrons. The van der Waals surface area contributed by atoms with Crippen molar-refractivity contribution < 1.29 is 30.3 Å². The molecule has 0 aliphatic carbocycles. The van der Waals surface area contributed by atoms with Gasteiger partial charge < -0.3 is 9.47 Å². The summed E-state index contributed by atoms with van der Waals surface area (Å²) in [5.41, 5.74) is 7.66. The molecular formula is C40H44Cl2O2SiZr. The Morgan fingerprint density at radius 2 is 0.913 bits per heavy atom. The van der Waals surface area contributed by atoms with E-state index in [2.05, 4.69) is 112 Å². The van der Waals surface area contributed by atoms with Crippen LogP contribution >= 0.6 is 17.0 Å². The Labute approximate surface area is 297 Å². The van der Waals surface area contributed by atoms with E-state index in [9.17, 15) is 0 Å². The summed E-state index contributed by atoms with van der Waals surface area (Å²) in [5.74, 6) is 1.85. The summed E-state index contributed by atoms with van der Waals surface area (Å²) in [5, 5.41) is 5.26. The second-order valence-corrected chi connectivity index (χ2v) is 16.4. The molecule has 0 aliphatic rings. The zero-order chi connectivity index (χ0) is 33.6. The predicted molar refractivity (Wildman–Crippen MR) is 200 cm³/mol. The fourth-order valence-electron chi connectivity index (χ4n) is 5.24. The number of ether oxygens (including phenoxy) is 2. The van der Waals surface area contributed by atoms with Crippen molar-refractivity contribution in [1.82, 2.24) is 0 Å². The number of hydrogen-bond donors (Lipinski definition) is 0. The normalized spacial score (nSPS) is 10.3. The van der Waals surface area contributed by atoms with E-state index in [1.807, 2.05) is 52.0 Å². The van der Waals surface area contributed by atoms with Crippen molar-refractivity contribution in [1.29, 1.82) is 0 Å². The molecular weight excluding hydrogens is 703 g/mol. The van der Waals surface area contributed by atoms with E-state index in [1.54, 1.807) is 0 Å². The van der Waals surface area contributed by atoms with Crippen LogP contribution in [-0.4, -0.2) is 21.7 Å². The molecule has 0 aliphatic heterocycles. The standard InChI is InChI=1S/2C19H19O.C2H6Si.2ClH.Zr/c2*1-13(2)20-17-9-7-15(8-10-17)18-6-4-5-16-11-14(3)12-19(16)18;1-3-2;;;/h2*4-13H,1-3H3;1-2H3;2*1H;/q2*-1;;;;+4/p-2. The fourth-order valence-corrected chi connectivity index (χ4v) is 5.24. The Morgan fingerprint density at radius 3 is 1.22 bits per heavy atom. The van der Waals surface area contributed by atoms with Crippen molar-refractivity contribution >= 4 is 48.1 Å². The summed E-state index contributed by atoms with van der Waals surface area (Å²) >= 11 is -0.826. The molecule has 0 spiro atoms. The fraction of sp³-hybridized carbons (Fsp3) is 0.250. The first-order chi connectivity index (χ1) is 22.1. The molecule has 6 aromatic carbocycles. The quantitative estimate of drug-likeness (QED) is 0.125. The van der Waals surface area contributed by atoms with Crippen molar-refractivity contribution in [3.63, 3.8) is 0 Å². The maximum atomic E-state index is 5.70. The maximum absolute atomic E-state index is 5.70. The Bertz CT molecular complexity index is 1620. The van der Waals surface area contributed by atoms with Crippen LogP contribution in [-0.2, 0) is 20.8 Å². The van der Waals surface area contributed by atoms with Crippen LogP contribution in [0.5, 0.6) is 11.5 Å². The number of halogens is 2. The first kappa shape index (κ1) is 37.8. The van der Waals surface area contributed by atoms with Gasteiger partial charge >= 0.3 is 37.9 Å². The molecule has 0 saturated carbocycles. The third-order valence-electron chi connectivity index (χ3n) is 6.86. The van der Waals surface area contributed by atoms with E-state index in [-0.39, 0.29) is 12.2 Å². The number of rotatable bonds is 6. The third-order valence-corrected chi connectivity index (χ3v) is 6.86. The van der Waals surface area contributed by atoms with E-state index in [0.29, 0.717) is 0 Å². The molecule has 0 atom stereocenters. The van der Waals surface area contributed by atoms with Gasteiger partial charge in [0, 0.05) is 9.52 Å². The van der Waals surface area contributed by atoms with E-state index < -0.39 is 20.8 Å². The van der Waals surface area contributed by atoms with Crippen LogP contribution in [0.4, 0.5) is 0 Å². The van der Waals surface area contributed by atoms with Crippen molar-refractivity contribution in [3.05, 3.63) is 120 Å². The van der Waals surface area contributed by atoms with E-state index in [1.165, 1.54) is 54.9 Å². The Balaban J connectivity index is 0.000000214. The van der Waals surface area contributed by atoms with Gasteiger partial charge in [0.2, 0.25) is 0 Å². The SMILES string of the molecule is C[Si]C.Cc1cc2c(-c3ccc(OC(C)C)cc3)cccc2[cH-]1.Cc1cc2c(-c3ccc(OC(C)C)cc3)cccc2[cH-]1.[Cl][Zr+2][Cl]. The molecule has 0 fully saturated rings. The minimum absolute atomic E-state index is 0.210. The van der Waals surface area contributed by atoms with Gasteiger partial charge in [0.05, 0.1) is 12.2 Å². The zero-order valence-corrected chi connectivity index (χ0v) is 33.1. The van der Waals surface area contributed by atoms with E-state index >= 15 is 0 Å². The van der Waals surface area contributed by atoms with Gasteiger partial charge in [0.1, 0.15) is 11.5 Å². The number of hydrogen-bond acceptors (Lipinski definition) is 2. The molecule has 6 rings (SSSR count). The van der Waals surface area contributed by atoms with Gasteiger partial charge in [-0.2, -0.15) is 12.1 Å². The van der Waals surface area contributed by atoms with Crippen molar-refractivity contribution in [2.24, 2.45) is 0 Å². The van der Waals surface area contributed by atoms with Gasteiger partial charge in [-0.15, -0.1) is 69.1 Å². The summed E-state index contributed by atoms with van der Waals surface area (Å²) < 4.78 is 11.4. The first-order valence-corrected chi connectivity index (χ1v) is 23.8. The minimum atomic E-state index is -0.826. The topological polar surface area (TPSA) is 18.5 Å². The van der Waals surface area contributed by atoms with Crippen molar-refractivity contribution in [3.8, 4) is 33.8 Å². The number of benzene rings is 4. The van der Waals surface area contributed by atoms with Crippen LogP contribution < -0.4 is 9.47 Å². The van der Waals surface area contributed by atoms with Crippen LogP contribution in [0.1, 0.15) is 38.8 Å². The molecule has 46 heavy (non-hydrogen) atoms. The van der Waals surface area contributed by atoms with Crippen LogP contribution in [0.2, 0.25) is 13.1 Å². The first-order valence-electron chi connectivity index (χ1n) is 15.5. The zero-order valence-electron chi connectivity index (χ0n) is 28.1. The second kappa shape index (κ2) is 19.3. The van der Waals surface area contributed by atoms with Gasteiger partial charge in [-0.3, -0.25) is 0 Å². The van der Waals surface area contributed by atoms with Gasteiger partial charge in [-0.05, 0) is 63.1 Å². The van der Waals surface area contributed by atoms with Crippen LogP contribution in [0, 0.1) is 13.8 Å². The van der Waals surface area contributed by atoms with Gasteiger partial charge in [0.25, 0.3) is 0 Å². The average Bonchev–Trinajstić information content (AvgIpc) is 3.59. The van der Waals surface area contributed by atoms with E-state index in [0.717, 1.165) is 21.0 Å². The summed E-state index contributed by atoms with van der Waals surface area (Å²) in [6.45, 7) is 16.8.